The van der Waals surface area contributed by atoms with Crippen LogP contribution in [0.3, 0.4) is 0 Å². The molecule has 0 radical (unpaired) electrons. The molecule has 0 fully saturated rings. The highest BCUT2D eigenvalue weighted by Gasteiger charge is 2.13. The predicted molar refractivity (Wildman–Crippen MR) is 75.2 cm³/mol. The number of nitrogens with one attached hydrogen (secondary N) is 1. The topological polar surface area (TPSA) is 51.2 Å². The van der Waals surface area contributed by atoms with E-state index in [1.807, 2.05) is 0 Å². The molecule has 0 aliphatic heterocycles. The van der Waals surface area contributed by atoms with Crippen molar-refractivity contribution in [3.8, 4) is 5.75 Å². The molecule has 1 heterocycles. The lowest BCUT2D eigenvalue weighted by Crippen LogP contribution is -2.12. The van der Waals surface area contributed by atoms with E-state index in [-0.39, 0.29) is 16.0 Å². The summed E-state index contributed by atoms with van der Waals surface area (Å²) in [5.41, 5.74) is 0.996. The Kier molecular flexibility index (Phi) is 4.24. The molecule has 1 aromatic heterocycles. The molecule has 2 rings (SSSR count). The number of benzene rings is 1. The number of anilines is 1. The third-order valence-corrected chi connectivity index (χ3v) is 2.96. The van der Waals surface area contributed by atoms with Crippen molar-refractivity contribution in [2.75, 3.05) is 12.4 Å². The highest BCUT2D eigenvalue weighted by Crippen LogP contribution is 2.33. The minimum atomic E-state index is -0.308. The van der Waals surface area contributed by atoms with E-state index in [1.165, 1.54) is 19.2 Å². The summed E-state index contributed by atoms with van der Waals surface area (Å²) in [5.74, 6) is 0.0430. The number of nitrogens with zero attached hydrogens (tertiary/aromatic N) is 1. The van der Waals surface area contributed by atoms with Crippen LogP contribution in [-0.4, -0.2) is 18.0 Å². The lowest BCUT2D eigenvalue weighted by Gasteiger charge is -2.09. The first-order valence-electron chi connectivity index (χ1n) is 5.36. The Bertz CT molecular complexity index is 580. The Morgan fingerprint density at radius 1 is 1.21 bits per heavy atom. The first-order valence-corrected chi connectivity index (χ1v) is 6.12. The summed E-state index contributed by atoms with van der Waals surface area (Å²) in [7, 11) is 1.46. The maximum atomic E-state index is 12.0. The van der Waals surface area contributed by atoms with Gasteiger partial charge < -0.3 is 10.1 Å². The molecule has 0 unspecified atom stereocenters. The van der Waals surface area contributed by atoms with Gasteiger partial charge >= 0.3 is 0 Å². The monoisotopic (exact) mass is 296 g/mol. The molecule has 0 aliphatic carbocycles. The Hall–Kier alpha value is -1.78. The van der Waals surface area contributed by atoms with Gasteiger partial charge in [-0.3, -0.25) is 9.78 Å². The Balaban J connectivity index is 2.25. The van der Waals surface area contributed by atoms with E-state index in [4.69, 9.17) is 27.9 Å². The quantitative estimate of drug-likeness (QED) is 0.940. The Morgan fingerprint density at radius 3 is 2.32 bits per heavy atom. The third-order valence-electron chi connectivity index (χ3n) is 2.40. The van der Waals surface area contributed by atoms with Crippen molar-refractivity contribution in [2.24, 2.45) is 0 Å². The molecule has 0 aliphatic rings. The second-order valence-electron chi connectivity index (χ2n) is 3.66. The van der Waals surface area contributed by atoms with Gasteiger partial charge in [0, 0.05) is 23.6 Å². The number of hydrogen-bond donors (Lipinski definition) is 1. The van der Waals surface area contributed by atoms with E-state index < -0.39 is 0 Å². The van der Waals surface area contributed by atoms with E-state index >= 15 is 0 Å². The number of pyridine rings is 1. The standard InChI is InChI=1S/C13H10Cl2N2O2/c1-19-12-10(14)6-8(7-11(12)15)13(18)17-9-2-4-16-5-3-9/h2-7H,1H3,(H,16,17,18). The minimum absolute atomic E-state index is 0.287. The fourth-order valence-corrected chi connectivity index (χ4v) is 2.17. The van der Waals surface area contributed by atoms with Gasteiger partial charge in [-0.25, -0.2) is 0 Å². The number of halogens is 2. The highest BCUT2D eigenvalue weighted by molar-refractivity contribution is 6.37. The van der Waals surface area contributed by atoms with Crippen molar-refractivity contribution < 1.29 is 9.53 Å². The minimum Gasteiger partial charge on any atom is -0.494 e. The fourth-order valence-electron chi connectivity index (χ4n) is 1.52. The van der Waals surface area contributed by atoms with Gasteiger partial charge in [-0.1, -0.05) is 23.2 Å². The zero-order chi connectivity index (χ0) is 13.8. The average molecular weight is 297 g/mol. The number of carbonyl (C=O) groups excluding carboxylic acids is 1. The highest BCUT2D eigenvalue weighted by atomic mass is 35.5. The van der Waals surface area contributed by atoms with Gasteiger partial charge in [0.25, 0.3) is 5.91 Å². The van der Waals surface area contributed by atoms with Gasteiger partial charge in [-0.15, -0.1) is 0 Å². The maximum Gasteiger partial charge on any atom is 0.255 e. The van der Waals surface area contributed by atoms with Crippen molar-refractivity contribution >= 4 is 34.8 Å². The smallest absolute Gasteiger partial charge is 0.255 e. The van der Waals surface area contributed by atoms with Gasteiger partial charge in [0.05, 0.1) is 17.2 Å². The number of carbonyl (C=O) groups is 1. The molecule has 1 N–H and O–H groups in total. The van der Waals surface area contributed by atoms with Crippen LogP contribution in [0.15, 0.2) is 36.7 Å². The van der Waals surface area contributed by atoms with Crippen molar-refractivity contribution in [3.05, 3.63) is 52.3 Å². The van der Waals surface area contributed by atoms with Crippen LogP contribution in [0, 0.1) is 0 Å². The van der Waals surface area contributed by atoms with Crippen LogP contribution >= 0.6 is 23.2 Å². The molecule has 98 valence electrons. The van der Waals surface area contributed by atoms with Crippen molar-refractivity contribution in [2.45, 2.75) is 0 Å². The number of rotatable bonds is 3. The summed E-state index contributed by atoms with van der Waals surface area (Å²) < 4.78 is 5.02. The lowest BCUT2D eigenvalue weighted by molar-refractivity contribution is 0.102. The van der Waals surface area contributed by atoms with E-state index in [2.05, 4.69) is 10.3 Å². The number of aromatic nitrogens is 1. The molecule has 2 aromatic rings. The number of hydrogen-bond acceptors (Lipinski definition) is 3. The van der Waals surface area contributed by atoms with E-state index in [1.54, 1.807) is 24.5 Å². The molecule has 0 bridgehead atoms. The number of methoxy groups -OCH3 is 1. The largest absolute Gasteiger partial charge is 0.494 e. The average Bonchev–Trinajstić information content (AvgIpc) is 2.39. The molecule has 0 atom stereocenters. The molecule has 19 heavy (non-hydrogen) atoms. The SMILES string of the molecule is COc1c(Cl)cc(C(=O)Nc2ccncc2)cc1Cl. The van der Waals surface area contributed by atoms with Gasteiger partial charge in [0.15, 0.2) is 5.75 Å². The first-order chi connectivity index (χ1) is 9.11. The van der Waals surface area contributed by atoms with Crippen LogP contribution < -0.4 is 10.1 Å². The Morgan fingerprint density at radius 2 is 1.79 bits per heavy atom. The van der Waals surface area contributed by atoms with E-state index in [9.17, 15) is 4.79 Å². The number of ether oxygens (including phenoxy) is 1. The number of amides is 1. The molecule has 4 nitrogen and oxygen atoms in total. The van der Waals surface area contributed by atoms with Crippen molar-refractivity contribution in [1.29, 1.82) is 0 Å². The van der Waals surface area contributed by atoms with Gasteiger partial charge in [-0.05, 0) is 24.3 Å². The van der Waals surface area contributed by atoms with Crippen LogP contribution in [0.1, 0.15) is 10.4 Å². The van der Waals surface area contributed by atoms with Crippen LogP contribution in [-0.2, 0) is 0 Å². The van der Waals surface area contributed by atoms with Gasteiger partial charge in [-0.2, -0.15) is 0 Å². The summed E-state index contributed by atoms with van der Waals surface area (Å²) >= 11 is 12.0. The lowest BCUT2D eigenvalue weighted by atomic mass is 10.2. The molecular formula is C13H10Cl2N2O2. The summed E-state index contributed by atoms with van der Waals surface area (Å²) in [6, 6.07) is 6.38. The fraction of sp³-hybridized carbons (Fsp3) is 0.0769. The second-order valence-corrected chi connectivity index (χ2v) is 4.48. The van der Waals surface area contributed by atoms with E-state index in [0.29, 0.717) is 17.0 Å². The van der Waals surface area contributed by atoms with Gasteiger partial charge in [0.2, 0.25) is 0 Å². The molecule has 1 amide bonds. The molecule has 0 spiro atoms. The van der Waals surface area contributed by atoms with Crippen LogP contribution in [0.25, 0.3) is 0 Å². The summed E-state index contributed by atoms with van der Waals surface area (Å²) in [6.07, 6.45) is 3.17. The zero-order valence-electron chi connectivity index (χ0n) is 9.98. The Labute approximate surface area is 120 Å². The molecule has 0 saturated carbocycles. The second kappa shape index (κ2) is 5.91. The third kappa shape index (κ3) is 3.16. The van der Waals surface area contributed by atoms with Crippen LogP contribution in [0.2, 0.25) is 10.0 Å². The molecule has 0 saturated heterocycles. The van der Waals surface area contributed by atoms with E-state index in [0.717, 1.165) is 0 Å². The predicted octanol–water partition coefficient (Wildman–Crippen LogP) is 3.65. The van der Waals surface area contributed by atoms with Crippen molar-refractivity contribution in [3.63, 3.8) is 0 Å². The summed E-state index contributed by atoms with van der Waals surface area (Å²) in [5, 5.41) is 3.29. The normalized spacial score (nSPS) is 10.1. The summed E-state index contributed by atoms with van der Waals surface area (Å²) in [4.78, 5) is 15.9. The molecular weight excluding hydrogens is 287 g/mol. The maximum absolute atomic E-state index is 12.0. The van der Waals surface area contributed by atoms with Crippen molar-refractivity contribution in [1.82, 2.24) is 4.98 Å². The van der Waals surface area contributed by atoms with Crippen LogP contribution in [0.4, 0.5) is 5.69 Å². The molecule has 1 aromatic carbocycles. The summed E-state index contributed by atoms with van der Waals surface area (Å²) in [6.45, 7) is 0. The first kappa shape index (κ1) is 13.6. The molecule has 6 heteroatoms. The van der Waals surface area contributed by atoms with Crippen LogP contribution in [0.5, 0.6) is 5.75 Å². The van der Waals surface area contributed by atoms with Gasteiger partial charge in [0.1, 0.15) is 0 Å². The zero-order valence-corrected chi connectivity index (χ0v) is 11.5.